The minimum absolute atomic E-state index is 0.0285. The fourth-order valence-corrected chi connectivity index (χ4v) is 3.08. The molecule has 1 aromatic rings. The third kappa shape index (κ3) is 3.47. The number of nitrogens with one attached hydrogen (secondary N) is 1. The Hall–Kier alpha value is -1.75. The van der Waals surface area contributed by atoms with Crippen molar-refractivity contribution in [3.8, 4) is 11.5 Å². The molecule has 0 unspecified atom stereocenters. The van der Waals surface area contributed by atoms with Gasteiger partial charge in [-0.15, -0.1) is 0 Å². The third-order valence-electron chi connectivity index (χ3n) is 4.12. The van der Waals surface area contributed by atoms with E-state index >= 15 is 0 Å². The Kier molecular flexibility index (Phi) is 4.29. The average molecular weight is 291 g/mol. The number of hydrogen-bond donors (Lipinski definition) is 2. The molecule has 5 nitrogen and oxygen atoms in total. The first kappa shape index (κ1) is 14.2. The Bertz CT molecular complexity index is 511. The number of aliphatic hydroxyl groups is 1. The molecule has 1 aromatic carbocycles. The maximum atomic E-state index is 11.4. The molecule has 0 radical (unpaired) electrons. The van der Waals surface area contributed by atoms with Crippen molar-refractivity contribution >= 4 is 11.6 Å². The summed E-state index contributed by atoms with van der Waals surface area (Å²) in [6.45, 7) is 0.267. The maximum absolute atomic E-state index is 11.4. The van der Waals surface area contributed by atoms with Crippen LogP contribution in [0.3, 0.4) is 0 Å². The van der Waals surface area contributed by atoms with E-state index in [2.05, 4.69) is 5.32 Å². The molecule has 1 atom stereocenters. The van der Waals surface area contributed by atoms with Gasteiger partial charge in [0.1, 0.15) is 23.8 Å². The first-order valence-corrected chi connectivity index (χ1v) is 7.59. The standard InChI is InChI=1S/C16H21NO4/c18-12(8-11-4-1-2-5-11)9-20-13-6-3-7-14-16(13)17-15(19)10-21-14/h3,6-7,11-12,18H,1-2,4-5,8-10H2,(H,17,19)/t12-/m1/s1. The fourth-order valence-electron chi connectivity index (χ4n) is 3.08. The molecular formula is C16H21NO4. The highest BCUT2D eigenvalue weighted by molar-refractivity contribution is 5.97. The maximum Gasteiger partial charge on any atom is 0.262 e. The molecule has 21 heavy (non-hydrogen) atoms. The largest absolute Gasteiger partial charge is 0.489 e. The molecule has 0 bridgehead atoms. The van der Waals surface area contributed by atoms with E-state index in [-0.39, 0.29) is 19.1 Å². The fraction of sp³-hybridized carbons (Fsp3) is 0.562. The normalized spacial score (nSPS) is 19.6. The lowest BCUT2D eigenvalue weighted by Gasteiger charge is -2.22. The Labute approximate surface area is 124 Å². The van der Waals surface area contributed by atoms with Gasteiger partial charge in [-0.1, -0.05) is 31.7 Å². The number of amides is 1. The van der Waals surface area contributed by atoms with Crippen LogP contribution in [0, 0.1) is 5.92 Å². The lowest BCUT2D eigenvalue weighted by atomic mass is 10.0. The van der Waals surface area contributed by atoms with Gasteiger partial charge in [0, 0.05) is 0 Å². The molecule has 5 heteroatoms. The molecule has 114 valence electrons. The van der Waals surface area contributed by atoms with Gasteiger partial charge in [0.25, 0.3) is 5.91 Å². The highest BCUT2D eigenvalue weighted by atomic mass is 16.5. The monoisotopic (exact) mass is 291 g/mol. The lowest BCUT2D eigenvalue weighted by Crippen LogP contribution is -2.26. The van der Waals surface area contributed by atoms with Gasteiger partial charge in [-0.25, -0.2) is 0 Å². The molecule has 0 spiro atoms. The van der Waals surface area contributed by atoms with Gasteiger partial charge in [-0.2, -0.15) is 0 Å². The highest BCUT2D eigenvalue weighted by Gasteiger charge is 2.22. The zero-order valence-corrected chi connectivity index (χ0v) is 12.0. The number of fused-ring (bicyclic) bond motifs is 1. The number of carbonyl (C=O) groups is 1. The van der Waals surface area contributed by atoms with E-state index in [4.69, 9.17) is 9.47 Å². The van der Waals surface area contributed by atoms with Gasteiger partial charge in [0.2, 0.25) is 0 Å². The first-order chi connectivity index (χ1) is 10.2. The van der Waals surface area contributed by atoms with Crippen LogP contribution >= 0.6 is 0 Å². The Morgan fingerprint density at radius 1 is 1.38 bits per heavy atom. The number of benzene rings is 1. The summed E-state index contributed by atoms with van der Waals surface area (Å²) in [6, 6.07) is 5.38. The molecule has 0 saturated heterocycles. The molecule has 1 aliphatic carbocycles. The van der Waals surface area contributed by atoms with Gasteiger partial charge < -0.3 is 19.9 Å². The van der Waals surface area contributed by atoms with Gasteiger partial charge in [-0.3, -0.25) is 4.79 Å². The number of para-hydroxylation sites is 1. The van der Waals surface area contributed by atoms with Crippen molar-refractivity contribution in [2.45, 2.75) is 38.2 Å². The van der Waals surface area contributed by atoms with E-state index < -0.39 is 6.10 Å². The number of ether oxygens (including phenoxy) is 2. The second-order valence-electron chi connectivity index (χ2n) is 5.82. The summed E-state index contributed by atoms with van der Waals surface area (Å²) in [5.74, 6) is 1.59. The van der Waals surface area contributed by atoms with Crippen molar-refractivity contribution in [3.63, 3.8) is 0 Å². The molecule has 1 fully saturated rings. The van der Waals surface area contributed by atoms with Crippen molar-refractivity contribution in [3.05, 3.63) is 18.2 Å². The SMILES string of the molecule is O=C1COc2cccc(OC[C@H](O)CC3CCCC3)c2N1. The van der Waals surface area contributed by atoms with E-state index in [0.717, 1.165) is 6.42 Å². The lowest BCUT2D eigenvalue weighted by molar-refractivity contribution is -0.118. The minimum atomic E-state index is -0.468. The summed E-state index contributed by atoms with van der Waals surface area (Å²) in [6.07, 6.45) is 5.28. The van der Waals surface area contributed by atoms with Gasteiger partial charge >= 0.3 is 0 Å². The van der Waals surface area contributed by atoms with Crippen LogP contribution in [-0.2, 0) is 4.79 Å². The molecule has 1 aliphatic heterocycles. The van der Waals surface area contributed by atoms with E-state index in [0.29, 0.717) is 23.1 Å². The minimum Gasteiger partial charge on any atom is -0.489 e. The van der Waals surface area contributed by atoms with Crippen molar-refractivity contribution in [1.29, 1.82) is 0 Å². The number of aliphatic hydroxyl groups excluding tert-OH is 1. The molecule has 1 amide bonds. The summed E-state index contributed by atoms with van der Waals surface area (Å²) in [4.78, 5) is 11.4. The highest BCUT2D eigenvalue weighted by Crippen LogP contribution is 2.36. The molecule has 2 N–H and O–H groups in total. The predicted octanol–water partition coefficient (Wildman–Crippen LogP) is 2.34. The quantitative estimate of drug-likeness (QED) is 0.873. The van der Waals surface area contributed by atoms with E-state index in [1.54, 1.807) is 12.1 Å². The van der Waals surface area contributed by atoms with Crippen LogP contribution in [0.1, 0.15) is 32.1 Å². The molecule has 1 heterocycles. The number of anilines is 1. The van der Waals surface area contributed by atoms with Crippen molar-refractivity contribution in [2.75, 3.05) is 18.5 Å². The number of hydrogen-bond acceptors (Lipinski definition) is 4. The van der Waals surface area contributed by atoms with Gasteiger partial charge in [0.15, 0.2) is 6.61 Å². The summed E-state index contributed by atoms with van der Waals surface area (Å²) >= 11 is 0. The topological polar surface area (TPSA) is 67.8 Å². The second-order valence-corrected chi connectivity index (χ2v) is 5.82. The van der Waals surface area contributed by atoms with E-state index in [1.807, 2.05) is 6.07 Å². The Morgan fingerprint density at radius 2 is 2.19 bits per heavy atom. The summed E-state index contributed by atoms with van der Waals surface area (Å²) in [7, 11) is 0. The van der Waals surface area contributed by atoms with Crippen LogP contribution in [0.2, 0.25) is 0 Å². The first-order valence-electron chi connectivity index (χ1n) is 7.59. The second kappa shape index (κ2) is 6.35. The van der Waals surface area contributed by atoms with Crippen LogP contribution in [0.25, 0.3) is 0 Å². The molecule has 1 saturated carbocycles. The van der Waals surface area contributed by atoms with Crippen LogP contribution in [0.4, 0.5) is 5.69 Å². The van der Waals surface area contributed by atoms with Gasteiger partial charge in [-0.05, 0) is 24.5 Å². The molecular weight excluding hydrogens is 270 g/mol. The molecule has 0 aromatic heterocycles. The molecule has 2 aliphatic rings. The smallest absolute Gasteiger partial charge is 0.262 e. The zero-order chi connectivity index (χ0) is 14.7. The average Bonchev–Trinajstić information content (AvgIpc) is 2.98. The van der Waals surface area contributed by atoms with Crippen LogP contribution in [0.15, 0.2) is 18.2 Å². The van der Waals surface area contributed by atoms with Gasteiger partial charge in [0.05, 0.1) is 6.10 Å². The molecule has 3 rings (SSSR count). The Balaban J connectivity index is 1.58. The van der Waals surface area contributed by atoms with Crippen molar-refractivity contribution in [2.24, 2.45) is 5.92 Å². The predicted molar refractivity (Wildman–Crippen MR) is 78.6 cm³/mol. The number of rotatable bonds is 5. The van der Waals surface area contributed by atoms with Crippen LogP contribution in [0.5, 0.6) is 11.5 Å². The Morgan fingerprint density at radius 3 is 3.00 bits per heavy atom. The van der Waals surface area contributed by atoms with Crippen LogP contribution < -0.4 is 14.8 Å². The van der Waals surface area contributed by atoms with Crippen molar-refractivity contribution in [1.82, 2.24) is 0 Å². The zero-order valence-electron chi connectivity index (χ0n) is 12.0. The van der Waals surface area contributed by atoms with Crippen molar-refractivity contribution < 1.29 is 19.4 Å². The third-order valence-corrected chi connectivity index (χ3v) is 4.12. The number of carbonyl (C=O) groups excluding carboxylic acids is 1. The summed E-state index contributed by atoms with van der Waals surface area (Å²) < 4.78 is 11.0. The summed E-state index contributed by atoms with van der Waals surface area (Å²) in [5, 5.41) is 12.8. The van der Waals surface area contributed by atoms with E-state index in [9.17, 15) is 9.90 Å². The van der Waals surface area contributed by atoms with Crippen LogP contribution in [-0.4, -0.2) is 30.3 Å². The summed E-state index contributed by atoms with van der Waals surface area (Å²) in [5.41, 5.74) is 0.557. The van der Waals surface area contributed by atoms with E-state index in [1.165, 1.54) is 25.7 Å².